The molecule has 0 aliphatic carbocycles. The molecule has 13 heteroatoms. The second-order valence-corrected chi connectivity index (χ2v) is 7.72. The van der Waals surface area contributed by atoms with Crippen molar-refractivity contribution < 1.29 is 14.5 Å². The maximum Gasteiger partial charge on any atom is 0.353 e. The number of nitrogen functional groups attached to an aromatic ring is 2. The van der Waals surface area contributed by atoms with E-state index in [2.05, 4.69) is 20.3 Å². The number of esters is 1. The molecule has 0 spiro atoms. The van der Waals surface area contributed by atoms with Crippen LogP contribution in [0.3, 0.4) is 0 Å². The van der Waals surface area contributed by atoms with Gasteiger partial charge in [0.05, 0.1) is 17.4 Å². The van der Waals surface area contributed by atoms with Gasteiger partial charge in [0.15, 0.2) is 11.6 Å². The lowest BCUT2D eigenvalue weighted by Crippen LogP contribution is -2.37. The van der Waals surface area contributed by atoms with E-state index in [1.807, 2.05) is 0 Å². The van der Waals surface area contributed by atoms with E-state index in [0.29, 0.717) is 44.0 Å². The number of carbonyl (C=O) groups is 1. The molecule has 1 aliphatic rings. The van der Waals surface area contributed by atoms with E-state index in [1.54, 1.807) is 40.7 Å². The molecule has 1 fully saturated rings. The maximum atomic E-state index is 12.0. The van der Waals surface area contributed by atoms with Gasteiger partial charge in [-0.05, 0) is 44.0 Å². The zero-order chi connectivity index (χ0) is 24.2. The maximum absolute atomic E-state index is 12.0. The molecule has 178 valence electrons. The summed E-state index contributed by atoms with van der Waals surface area (Å²) in [5, 5.41) is 15.0. The van der Waals surface area contributed by atoms with Crippen LogP contribution in [0.15, 0.2) is 36.9 Å². The Bertz CT molecular complexity index is 1190. The van der Waals surface area contributed by atoms with Crippen LogP contribution in [0.5, 0.6) is 0 Å². The highest BCUT2D eigenvalue weighted by atomic mass is 16.6. The van der Waals surface area contributed by atoms with Gasteiger partial charge in [-0.15, -0.1) is 0 Å². The van der Waals surface area contributed by atoms with Crippen molar-refractivity contribution in [3.8, 4) is 5.69 Å². The van der Waals surface area contributed by atoms with Gasteiger partial charge in [-0.2, -0.15) is 0 Å². The van der Waals surface area contributed by atoms with Gasteiger partial charge in [0, 0.05) is 24.5 Å². The number of nitrogens with two attached hydrogens (primary N) is 2. The molecule has 3 heterocycles. The summed E-state index contributed by atoms with van der Waals surface area (Å²) in [5.41, 5.74) is 12.7. The number of nitrogens with zero attached hydrogens (tertiary/aromatic N) is 6. The summed E-state index contributed by atoms with van der Waals surface area (Å²) in [6.45, 7) is 2.99. The number of nitro groups is 1. The molecule has 5 N–H and O–H groups in total. The quantitative estimate of drug-likeness (QED) is 0.263. The Morgan fingerprint density at radius 3 is 2.50 bits per heavy atom. The van der Waals surface area contributed by atoms with Gasteiger partial charge in [-0.25, -0.2) is 15.0 Å². The number of rotatable bonds is 7. The van der Waals surface area contributed by atoms with Crippen molar-refractivity contribution in [1.29, 1.82) is 0 Å². The molecule has 34 heavy (non-hydrogen) atoms. The normalized spacial score (nSPS) is 14.1. The van der Waals surface area contributed by atoms with Crippen LogP contribution in [-0.4, -0.2) is 50.1 Å². The van der Waals surface area contributed by atoms with Crippen LogP contribution in [-0.2, 0) is 9.53 Å². The summed E-state index contributed by atoms with van der Waals surface area (Å²) in [6, 6.07) is 7.02. The molecule has 0 amide bonds. The molecular formula is C21H25N9O4. The fourth-order valence-corrected chi connectivity index (χ4v) is 3.87. The third kappa shape index (κ3) is 4.53. The van der Waals surface area contributed by atoms with Crippen molar-refractivity contribution >= 4 is 40.6 Å². The number of nitrogens with one attached hydrogen (secondary N) is 1. The third-order valence-corrected chi connectivity index (χ3v) is 5.64. The molecule has 1 saturated heterocycles. The second kappa shape index (κ2) is 9.60. The molecular weight excluding hydrogens is 442 g/mol. The van der Waals surface area contributed by atoms with Gasteiger partial charge in [0.25, 0.3) is 0 Å². The first-order chi connectivity index (χ1) is 16.4. The molecule has 1 aromatic carbocycles. The Morgan fingerprint density at radius 1 is 1.21 bits per heavy atom. The van der Waals surface area contributed by atoms with E-state index in [-0.39, 0.29) is 35.0 Å². The largest absolute Gasteiger partial charge is 0.466 e. The summed E-state index contributed by atoms with van der Waals surface area (Å²) in [7, 11) is 0. The average Bonchev–Trinajstić information content (AvgIpc) is 3.17. The van der Waals surface area contributed by atoms with Crippen molar-refractivity contribution in [2.75, 3.05) is 41.4 Å². The van der Waals surface area contributed by atoms with E-state index in [4.69, 9.17) is 16.2 Å². The first-order valence-electron chi connectivity index (χ1n) is 10.8. The number of carbonyl (C=O) groups excluding carboxylic acids is 1. The highest BCUT2D eigenvalue weighted by Gasteiger charge is 2.32. The molecule has 0 saturated carbocycles. The highest BCUT2D eigenvalue weighted by molar-refractivity contribution is 5.76. The number of benzene rings is 1. The van der Waals surface area contributed by atoms with E-state index in [0.717, 1.165) is 5.69 Å². The molecule has 0 bridgehead atoms. The fourth-order valence-electron chi connectivity index (χ4n) is 3.87. The number of hydrogen-bond donors (Lipinski definition) is 3. The van der Waals surface area contributed by atoms with Gasteiger partial charge in [0.1, 0.15) is 12.7 Å². The first-order valence-corrected chi connectivity index (χ1v) is 10.8. The number of piperidine rings is 1. The lowest BCUT2D eigenvalue weighted by atomic mass is 9.97. The summed E-state index contributed by atoms with van der Waals surface area (Å²) < 4.78 is 6.72. The number of ether oxygens (including phenoxy) is 1. The SMILES string of the molecule is CCOC(=O)C1CCN(c2ncnc(Nc3ccc(-n4cnc(N)c4N)cc3)c2[N+](=O)[O-])CC1. The second-order valence-electron chi connectivity index (χ2n) is 7.72. The van der Waals surface area contributed by atoms with Crippen LogP contribution in [0.4, 0.5) is 34.6 Å². The Morgan fingerprint density at radius 2 is 1.91 bits per heavy atom. The predicted octanol–water partition coefficient (Wildman–Crippen LogP) is 2.26. The van der Waals surface area contributed by atoms with Gasteiger partial charge in [-0.3, -0.25) is 19.5 Å². The monoisotopic (exact) mass is 467 g/mol. The fraction of sp³-hybridized carbons (Fsp3) is 0.333. The van der Waals surface area contributed by atoms with Crippen molar-refractivity contribution in [3.05, 3.63) is 47.0 Å². The summed E-state index contributed by atoms with van der Waals surface area (Å²) in [4.78, 5) is 37.5. The standard InChI is InChI=1S/C21H25N9O4/c1-2-34-21(31)13-7-9-28(10-8-13)20-16(30(32)33)19(24-11-25-20)27-14-3-5-15(6-4-14)29-12-26-17(22)18(29)23/h3-6,11-13H,2,7-10,22-23H2,1H3,(H,24,25,27). The molecule has 1 aliphatic heterocycles. The zero-order valence-corrected chi connectivity index (χ0v) is 18.5. The molecule has 3 aromatic rings. The Kier molecular flexibility index (Phi) is 6.43. The number of anilines is 5. The van der Waals surface area contributed by atoms with Crippen LogP contribution in [0.1, 0.15) is 19.8 Å². The molecule has 0 radical (unpaired) electrons. The molecule has 13 nitrogen and oxygen atoms in total. The predicted molar refractivity (Wildman–Crippen MR) is 126 cm³/mol. The molecule has 2 aromatic heterocycles. The highest BCUT2D eigenvalue weighted by Crippen LogP contribution is 2.35. The van der Waals surface area contributed by atoms with E-state index < -0.39 is 4.92 Å². The summed E-state index contributed by atoms with van der Waals surface area (Å²) in [5.74, 6) is 0.393. The van der Waals surface area contributed by atoms with Gasteiger partial charge >= 0.3 is 11.7 Å². The smallest absolute Gasteiger partial charge is 0.353 e. The molecule has 0 atom stereocenters. The van der Waals surface area contributed by atoms with Crippen LogP contribution in [0, 0.1) is 16.0 Å². The average molecular weight is 467 g/mol. The van der Waals surface area contributed by atoms with Crippen molar-refractivity contribution in [2.45, 2.75) is 19.8 Å². The van der Waals surface area contributed by atoms with Crippen molar-refractivity contribution in [2.24, 2.45) is 5.92 Å². The first kappa shape index (κ1) is 22.8. The Hall–Kier alpha value is -4.42. The minimum atomic E-state index is -0.502. The number of hydrogen-bond acceptors (Lipinski definition) is 11. The van der Waals surface area contributed by atoms with E-state index in [9.17, 15) is 14.9 Å². The van der Waals surface area contributed by atoms with Crippen LogP contribution >= 0.6 is 0 Å². The summed E-state index contributed by atoms with van der Waals surface area (Å²) >= 11 is 0. The van der Waals surface area contributed by atoms with Gasteiger partial charge in [-0.1, -0.05) is 0 Å². The van der Waals surface area contributed by atoms with E-state index in [1.165, 1.54) is 12.7 Å². The topological polar surface area (TPSA) is 180 Å². The lowest BCUT2D eigenvalue weighted by Gasteiger charge is -2.31. The third-order valence-electron chi connectivity index (χ3n) is 5.64. The van der Waals surface area contributed by atoms with Gasteiger partial charge < -0.3 is 26.4 Å². The summed E-state index contributed by atoms with van der Waals surface area (Å²) in [6.07, 6.45) is 3.86. The molecule has 4 rings (SSSR count). The lowest BCUT2D eigenvalue weighted by molar-refractivity contribution is -0.383. The van der Waals surface area contributed by atoms with Crippen molar-refractivity contribution in [1.82, 2.24) is 19.5 Å². The minimum Gasteiger partial charge on any atom is -0.466 e. The molecule has 0 unspecified atom stereocenters. The van der Waals surface area contributed by atoms with Crippen LogP contribution < -0.4 is 21.7 Å². The van der Waals surface area contributed by atoms with Crippen LogP contribution in [0.2, 0.25) is 0 Å². The van der Waals surface area contributed by atoms with Gasteiger partial charge in [0.2, 0.25) is 11.6 Å². The zero-order valence-electron chi connectivity index (χ0n) is 18.5. The number of imidazole rings is 1. The van der Waals surface area contributed by atoms with Crippen molar-refractivity contribution in [3.63, 3.8) is 0 Å². The van der Waals surface area contributed by atoms with E-state index >= 15 is 0 Å². The van der Waals surface area contributed by atoms with Crippen LogP contribution in [0.25, 0.3) is 5.69 Å². The Labute approximate surface area is 194 Å². The minimum absolute atomic E-state index is 0.0710. The number of aromatic nitrogens is 4. The Balaban J connectivity index is 1.53.